The molecule has 2 rings (SSSR count). The van der Waals surface area contributed by atoms with Crippen LogP contribution >= 0.6 is 11.6 Å². The van der Waals surface area contributed by atoms with Gasteiger partial charge in [0.05, 0.1) is 36.5 Å². The number of halogens is 1. The van der Waals surface area contributed by atoms with E-state index in [1.807, 2.05) is 0 Å². The molecule has 0 saturated heterocycles. The van der Waals surface area contributed by atoms with Crippen molar-refractivity contribution in [2.75, 3.05) is 0 Å². The lowest BCUT2D eigenvalue weighted by Crippen LogP contribution is -2.01. The van der Waals surface area contributed by atoms with Crippen LogP contribution in [0.25, 0.3) is 0 Å². The highest BCUT2D eigenvalue weighted by Crippen LogP contribution is 2.33. The molecule has 0 N–H and O–H groups in total. The van der Waals surface area contributed by atoms with E-state index in [9.17, 15) is 34.6 Å². The van der Waals surface area contributed by atoms with Crippen LogP contribution in [0.15, 0.2) is 46.2 Å². The first-order valence-electron chi connectivity index (χ1n) is 6.01. The third-order valence-corrected chi connectivity index (χ3v) is 4.62. The molecule has 1 unspecified atom stereocenters. The van der Waals surface area contributed by atoms with E-state index in [2.05, 4.69) is 0 Å². The molecule has 0 aliphatic carbocycles. The maximum Gasteiger partial charge on any atom is 0.292 e. The summed E-state index contributed by atoms with van der Waals surface area (Å²) >= 11 is 5.66. The monoisotopic (exact) mass is 371 g/mol. The summed E-state index contributed by atoms with van der Waals surface area (Å²) in [6, 6.07) is 5.92. The number of hydrogen-bond acceptors (Lipinski definition) is 7. The predicted molar refractivity (Wildman–Crippen MR) is 82.5 cm³/mol. The van der Waals surface area contributed by atoms with Gasteiger partial charge in [-0.3, -0.25) is 30.3 Å². The molecule has 0 bridgehead atoms. The van der Waals surface area contributed by atoms with Crippen LogP contribution in [0.3, 0.4) is 0 Å². The number of nitrogens with zero attached hydrogens (tertiary/aromatic N) is 3. The summed E-state index contributed by atoms with van der Waals surface area (Å²) in [7, 11) is -2.16. The van der Waals surface area contributed by atoms with Gasteiger partial charge in [-0.25, -0.2) is 4.21 Å². The second-order valence-electron chi connectivity index (χ2n) is 4.31. The topological polar surface area (TPSA) is 146 Å². The van der Waals surface area contributed by atoms with Crippen molar-refractivity contribution in [2.45, 2.75) is 9.79 Å². The Bertz CT molecular complexity index is 902. The molecule has 0 radical (unpaired) electrons. The van der Waals surface area contributed by atoms with Crippen molar-refractivity contribution in [3.63, 3.8) is 0 Å². The van der Waals surface area contributed by atoms with Gasteiger partial charge < -0.3 is 0 Å². The molecule has 124 valence electrons. The van der Waals surface area contributed by atoms with E-state index in [1.165, 1.54) is 6.07 Å². The summed E-state index contributed by atoms with van der Waals surface area (Å²) in [5.41, 5.74) is -1.77. The first-order chi connectivity index (χ1) is 11.2. The molecule has 2 aromatic rings. The highest BCUT2D eigenvalue weighted by atomic mass is 35.5. The standard InChI is InChI=1S/C12H6ClN3O7S/c13-9-3-2-8(6-10(9)15(19)20)24(23)12-4-1-7(14(17)18)5-11(12)16(21)22/h1-6H. The van der Waals surface area contributed by atoms with Gasteiger partial charge in [-0.1, -0.05) is 11.6 Å². The van der Waals surface area contributed by atoms with E-state index in [-0.39, 0.29) is 14.8 Å². The lowest BCUT2D eigenvalue weighted by molar-refractivity contribution is -0.396. The lowest BCUT2D eigenvalue weighted by atomic mass is 10.3. The minimum absolute atomic E-state index is 0.0944. The maximum atomic E-state index is 12.5. The molecule has 0 aliphatic heterocycles. The molecule has 0 saturated carbocycles. The van der Waals surface area contributed by atoms with Crippen molar-refractivity contribution in [3.05, 3.63) is 71.8 Å². The molecule has 10 nitrogen and oxygen atoms in total. The molecule has 0 fully saturated rings. The van der Waals surface area contributed by atoms with Crippen LogP contribution in [0, 0.1) is 30.3 Å². The van der Waals surface area contributed by atoms with Crippen molar-refractivity contribution in [2.24, 2.45) is 0 Å². The van der Waals surface area contributed by atoms with E-state index in [0.29, 0.717) is 6.07 Å². The van der Waals surface area contributed by atoms with E-state index in [4.69, 9.17) is 11.6 Å². The van der Waals surface area contributed by atoms with E-state index < -0.39 is 42.6 Å². The van der Waals surface area contributed by atoms with E-state index in [0.717, 1.165) is 24.3 Å². The number of hydrogen-bond donors (Lipinski definition) is 0. The number of non-ortho nitro benzene ring substituents is 1. The van der Waals surface area contributed by atoms with Gasteiger partial charge in [-0.05, 0) is 18.2 Å². The van der Waals surface area contributed by atoms with Crippen molar-refractivity contribution in [1.29, 1.82) is 0 Å². The van der Waals surface area contributed by atoms with Crippen LogP contribution in [0.4, 0.5) is 17.1 Å². The van der Waals surface area contributed by atoms with E-state index in [1.54, 1.807) is 0 Å². The number of benzene rings is 2. The third kappa shape index (κ3) is 3.36. The second kappa shape index (κ2) is 6.68. The summed E-state index contributed by atoms with van der Waals surface area (Å²) < 4.78 is 12.5. The predicted octanol–water partition coefficient (Wildman–Crippen LogP) is 3.23. The molecule has 0 heterocycles. The average molecular weight is 372 g/mol. The summed E-state index contributed by atoms with van der Waals surface area (Å²) in [5, 5.41) is 32.5. The van der Waals surface area contributed by atoms with Gasteiger partial charge in [0.15, 0.2) is 0 Å². The molecule has 24 heavy (non-hydrogen) atoms. The molecule has 0 amide bonds. The van der Waals surface area contributed by atoms with Crippen LogP contribution in [-0.4, -0.2) is 19.0 Å². The van der Waals surface area contributed by atoms with Crippen molar-refractivity contribution in [3.8, 4) is 0 Å². The zero-order chi connectivity index (χ0) is 18.0. The fourth-order valence-electron chi connectivity index (χ4n) is 1.79. The summed E-state index contributed by atoms with van der Waals surface area (Å²) in [4.78, 5) is 29.7. The Morgan fingerprint density at radius 1 is 0.833 bits per heavy atom. The Labute approximate surface area is 140 Å². The minimum Gasteiger partial charge on any atom is -0.258 e. The SMILES string of the molecule is O=[N+]([O-])c1ccc(S(=O)c2ccc(Cl)c([N+](=O)[O-])c2)c([N+](=O)[O-])c1. The number of rotatable bonds is 5. The van der Waals surface area contributed by atoms with Crippen molar-refractivity contribution < 1.29 is 19.0 Å². The summed E-state index contributed by atoms with van der Waals surface area (Å²) in [5.74, 6) is 0. The Morgan fingerprint density at radius 3 is 2.00 bits per heavy atom. The van der Waals surface area contributed by atoms with Crippen LogP contribution in [-0.2, 0) is 10.8 Å². The molecule has 0 aromatic heterocycles. The van der Waals surface area contributed by atoms with Gasteiger partial charge in [-0.15, -0.1) is 0 Å². The molecule has 0 spiro atoms. The molecular formula is C12H6ClN3O7S. The van der Waals surface area contributed by atoms with Gasteiger partial charge in [-0.2, -0.15) is 0 Å². The maximum absolute atomic E-state index is 12.5. The quantitative estimate of drug-likeness (QED) is 0.578. The summed E-state index contributed by atoms with van der Waals surface area (Å²) in [6.07, 6.45) is 0. The third-order valence-electron chi connectivity index (χ3n) is 2.88. The molecule has 12 heteroatoms. The van der Waals surface area contributed by atoms with Gasteiger partial charge in [0.2, 0.25) is 0 Å². The van der Waals surface area contributed by atoms with Crippen LogP contribution in [0.5, 0.6) is 0 Å². The first kappa shape index (κ1) is 17.4. The lowest BCUT2D eigenvalue weighted by Gasteiger charge is -2.04. The van der Waals surface area contributed by atoms with Crippen molar-refractivity contribution >= 4 is 39.5 Å². The normalized spacial score (nSPS) is 11.7. The average Bonchev–Trinajstić information content (AvgIpc) is 2.53. The van der Waals surface area contributed by atoms with E-state index >= 15 is 0 Å². The molecule has 1 atom stereocenters. The van der Waals surface area contributed by atoms with Gasteiger partial charge in [0.25, 0.3) is 17.1 Å². The zero-order valence-corrected chi connectivity index (χ0v) is 13.0. The Hall–Kier alpha value is -2.92. The largest absolute Gasteiger partial charge is 0.292 e. The van der Waals surface area contributed by atoms with Crippen molar-refractivity contribution in [1.82, 2.24) is 0 Å². The summed E-state index contributed by atoms with van der Waals surface area (Å²) in [6.45, 7) is 0. The number of nitro benzene ring substituents is 3. The molecular weight excluding hydrogens is 366 g/mol. The van der Waals surface area contributed by atoms with Gasteiger partial charge in [0, 0.05) is 12.1 Å². The Balaban J connectivity index is 2.58. The van der Waals surface area contributed by atoms with Crippen LogP contribution < -0.4 is 0 Å². The van der Waals surface area contributed by atoms with Gasteiger partial charge in [0.1, 0.15) is 9.92 Å². The molecule has 2 aromatic carbocycles. The van der Waals surface area contributed by atoms with Crippen LogP contribution in [0.2, 0.25) is 5.02 Å². The highest BCUT2D eigenvalue weighted by molar-refractivity contribution is 7.85. The fraction of sp³-hybridized carbons (Fsp3) is 0. The highest BCUT2D eigenvalue weighted by Gasteiger charge is 2.25. The molecule has 0 aliphatic rings. The fourth-order valence-corrected chi connectivity index (χ4v) is 3.16. The Kier molecular flexibility index (Phi) is 4.85. The van der Waals surface area contributed by atoms with Gasteiger partial charge >= 0.3 is 0 Å². The zero-order valence-electron chi connectivity index (χ0n) is 11.4. The van der Waals surface area contributed by atoms with Crippen LogP contribution in [0.1, 0.15) is 0 Å². The Morgan fingerprint density at radius 2 is 1.46 bits per heavy atom. The minimum atomic E-state index is -2.16. The first-order valence-corrected chi connectivity index (χ1v) is 7.53. The second-order valence-corrected chi connectivity index (χ2v) is 6.16. The number of nitro groups is 3. The smallest absolute Gasteiger partial charge is 0.258 e.